The summed E-state index contributed by atoms with van der Waals surface area (Å²) in [5.41, 5.74) is 7.76. The van der Waals surface area contributed by atoms with Gasteiger partial charge in [-0.2, -0.15) is 5.10 Å². The van der Waals surface area contributed by atoms with Crippen LogP contribution in [0.4, 0.5) is 17.2 Å². The van der Waals surface area contributed by atoms with Crippen molar-refractivity contribution < 1.29 is 38.2 Å². The average molecular weight is 907 g/mol. The summed E-state index contributed by atoms with van der Waals surface area (Å²) in [4.78, 5) is 65.1. The van der Waals surface area contributed by atoms with E-state index in [2.05, 4.69) is 33.3 Å². The predicted octanol–water partition coefficient (Wildman–Crippen LogP) is 10.3. The fourth-order valence-corrected chi connectivity index (χ4v) is 8.04. The largest absolute Gasteiger partial charge is 0.466 e. The first-order valence-electron chi connectivity index (χ1n) is 24.3. The highest BCUT2D eigenvalue weighted by Gasteiger charge is 2.32. The van der Waals surface area contributed by atoms with Gasteiger partial charge in [-0.15, -0.1) is 5.10 Å². The van der Waals surface area contributed by atoms with Gasteiger partial charge in [0.05, 0.1) is 25.8 Å². The minimum absolute atomic E-state index is 0.0203. The van der Waals surface area contributed by atoms with E-state index in [-0.39, 0.29) is 43.1 Å². The summed E-state index contributed by atoms with van der Waals surface area (Å²) in [7, 11) is 0. The maximum Gasteiger partial charge on any atom is 0.326 e. The molecule has 1 aromatic heterocycles. The number of aryl methyl sites for hydroxylation is 1. The number of hydrazine groups is 1. The number of anilines is 3. The summed E-state index contributed by atoms with van der Waals surface area (Å²) in [6.07, 6.45) is 21.7. The number of esters is 3. The number of para-hydroxylation sites is 1. The van der Waals surface area contributed by atoms with E-state index in [1.165, 1.54) is 51.4 Å². The molecule has 1 aliphatic heterocycles. The molecule has 0 fully saturated rings. The zero-order valence-electron chi connectivity index (χ0n) is 38.9. The van der Waals surface area contributed by atoms with Crippen molar-refractivity contribution in [2.24, 2.45) is 0 Å². The molecule has 5 rings (SSSR count). The highest BCUT2D eigenvalue weighted by Crippen LogP contribution is 2.29. The van der Waals surface area contributed by atoms with Crippen LogP contribution < -0.4 is 25.8 Å². The molecule has 3 aromatic carbocycles. The SMILES string of the molecule is CCCCCC(=O)Oc1cccc(NC2CCc3ccccc3N(CC(=O)OCCCCCCCCCCCCCCCCOC(=O)CCC(=O)NNc3nncc4ccccc34)C2=O)c1. The topological polar surface area (TPSA) is 178 Å². The van der Waals surface area contributed by atoms with Crippen LogP contribution in [0.2, 0.25) is 0 Å². The van der Waals surface area contributed by atoms with E-state index in [1.807, 2.05) is 54.6 Å². The number of fused-ring (bicyclic) bond motifs is 2. The fourth-order valence-electron chi connectivity index (χ4n) is 8.04. The quantitative estimate of drug-likeness (QED) is 0.0189. The summed E-state index contributed by atoms with van der Waals surface area (Å²) in [5, 5.41) is 13.0. The number of carbonyl (C=O) groups is 5. The number of nitrogens with one attached hydrogen (secondary N) is 3. The summed E-state index contributed by atoms with van der Waals surface area (Å²) in [6.45, 7) is 2.65. The van der Waals surface area contributed by atoms with Crippen molar-refractivity contribution in [3.63, 3.8) is 0 Å². The summed E-state index contributed by atoms with van der Waals surface area (Å²) >= 11 is 0. The van der Waals surface area contributed by atoms with E-state index in [1.54, 1.807) is 29.3 Å². The first-order valence-corrected chi connectivity index (χ1v) is 24.3. The molecule has 0 saturated heterocycles. The molecule has 356 valence electrons. The number of amides is 2. The van der Waals surface area contributed by atoms with E-state index in [9.17, 15) is 24.0 Å². The Balaban J connectivity index is 0.835. The van der Waals surface area contributed by atoms with Gasteiger partial charge < -0.3 is 19.5 Å². The monoisotopic (exact) mass is 907 g/mol. The Morgan fingerprint density at radius 2 is 1.33 bits per heavy atom. The Morgan fingerprint density at radius 1 is 0.682 bits per heavy atom. The van der Waals surface area contributed by atoms with Crippen LogP contribution in [0.15, 0.2) is 79.0 Å². The van der Waals surface area contributed by atoms with Crippen LogP contribution in [0, 0.1) is 0 Å². The number of ether oxygens (including phenoxy) is 3. The van der Waals surface area contributed by atoms with Crippen molar-refractivity contribution in [3.8, 4) is 5.75 Å². The third kappa shape index (κ3) is 18.4. The van der Waals surface area contributed by atoms with Gasteiger partial charge in [0.2, 0.25) is 11.8 Å². The number of aromatic nitrogens is 2. The van der Waals surface area contributed by atoms with Crippen molar-refractivity contribution >= 4 is 57.7 Å². The van der Waals surface area contributed by atoms with Crippen LogP contribution in [-0.4, -0.2) is 65.7 Å². The Hall–Kier alpha value is -6.05. The molecular weight excluding hydrogens is 837 g/mol. The third-order valence-electron chi connectivity index (χ3n) is 11.7. The molecule has 1 aliphatic rings. The van der Waals surface area contributed by atoms with Crippen LogP contribution >= 0.6 is 0 Å². The van der Waals surface area contributed by atoms with E-state index in [0.29, 0.717) is 49.7 Å². The standard InChI is InChI=1S/C52H70N6O8/c1-2-3-16-30-49(61)66-43-27-23-26-42(37-43)54-45-32-31-40-24-18-20-29-46(40)58(52(45)63)39-50(62)65-36-22-15-13-11-9-7-5-4-6-8-10-12-14-21-35-64-48(60)34-33-47(59)55-57-51-44-28-19-17-25-41(44)38-53-56-51/h17-20,23-29,37-38,45,54H,2-16,21-22,30-36,39H2,1H3,(H,55,59)(H,56,57). The molecule has 4 aromatic rings. The number of hydrogen-bond donors (Lipinski definition) is 3. The van der Waals surface area contributed by atoms with E-state index in [0.717, 1.165) is 79.8 Å². The number of benzene rings is 3. The molecule has 0 aliphatic carbocycles. The van der Waals surface area contributed by atoms with Crippen LogP contribution in [0.3, 0.4) is 0 Å². The van der Waals surface area contributed by atoms with Gasteiger partial charge in [0.15, 0.2) is 5.82 Å². The third-order valence-corrected chi connectivity index (χ3v) is 11.7. The van der Waals surface area contributed by atoms with Crippen molar-refractivity contribution in [2.75, 3.05) is 35.4 Å². The zero-order chi connectivity index (χ0) is 46.6. The Kier molecular flexibility index (Phi) is 22.8. The van der Waals surface area contributed by atoms with Gasteiger partial charge in [-0.25, -0.2) is 0 Å². The number of unbranched alkanes of at least 4 members (excludes halogenated alkanes) is 15. The first kappa shape index (κ1) is 50.9. The lowest BCUT2D eigenvalue weighted by Crippen LogP contribution is -2.45. The molecule has 14 nitrogen and oxygen atoms in total. The van der Waals surface area contributed by atoms with Gasteiger partial charge in [0, 0.05) is 41.1 Å². The van der Waals surface area contributed by atoms with Gasteiger partial charge in [0.25, 0.3) is 0 Å². The molecule has 2 heterocycles. The number of hydrogen-bond acceptors (Lipinski definition) is 12. The maximum atomic E-state index is 13.9. The fraction of sp³-hybridized carbons (Fsp3) is 0.519. The highest BCUT2D eigenvalue weighted by atomic mass is 16.5. The second-order valence-corrected chi connectivity index (χ2v) is 17.1. The Bertz CT molecular complexity index is 2130. The molecule has 0 bridgehead atoms. The lowest BCUT2D eigenvalue weighted by Gasteiger charge is -2.26. The summed E-state index contributed by atoms with van der Waals surface area (Å²) in [6, 6.07) is 21.8. The number of nitrogens with zero attached hydrogens (tertiary/aromatic N) is 3. The number of carbonyl (C=O) groups excluding carboxylic acids is 5. The lowest BCUT2D eigenvalue weighted by atomic mass is 10.0. The van der Waals surface area contributed by atoms with Crippen LogP contribution in [-0.2, 0) is 39.9 Å². The average Bonchev–Trinajstić information content (AvgIpc) is 3.45. The summed E-state index contributed by atoms with van der Waals surface area (Å²) in [5.74, 6) is -0.712. The molecule has 14 heteroatoms. The highest BCUT2D eigenvalue weighted by molar-refractivity contribution is 6.03. The molecule has 0 saturated carbocycles. The van der Waals surface area contributed by atoms with Crippen LogP contribution in [0.5, 0.6) is 5.75 Å². The molecule has 0 spiro atoms. The molecule has 1 unspecified atom stereocenters. The van der Waals surface area contributed by atoms with E-state index in [4.69, 9.17) is 14.2 Å². The second-order valence-electron chi connectivity index (χ2n) is 17.1. The smallest absolute Gasteiger partial charge is 0.326 e. The van der Waals surface area contributed by atoms with Crippen molar-refractivity contribution in [2.45, 2.75) is 154 Å². The molecule has 1 atom stereocenters. The van der Waals surface area contributed by atoms with Gasteiger partial charge in [0.1, 0.15) is 18.3 Å². The zero-order valence-corrected chi connectivity index (χ0v) is 38.9. The number of rotatable bonds is 31. The second kappa shape index (κ2) is 29.5. The molecule has 66 heavy (non-hydrogen) atoms. The minimum Gasteiger partial charge on any atom is -0.466 e. The van der Waals surface area contributed by atoms with E-state index >= 15 is 0 Å². The minimum atomic E-state index is -0.576. The van der Waals surface area contributed by atoms with Gasteiger partial charge in [-0.3, -0.25) is 39.7 Å². The van der Waals surface area contributed by atoms with Crippen LogP contribution in [0.1, 0.15) is 147 Å². The molecule has 3 N–H and O–H groups in total. The Labute approximate surface area is 390 Å². The van der Waals surface area contributed by atoms with Crippen LogP contribution in [0.25, 0.3) is 10.8 Å². The van der Waals surface area contributed by atoms with Gasteiger partial charge >= 0.3 is 17.9 Å². The van der Waals surface area contributed by atoms with E-state index < -0.39 is 12.0 Å². The van der Waals surface area contributed by atoms with Crippen molar-refractivity contribution in [3.05, 3.63) is 84.6 Å². The Morgan fingerprint density at radius 3 is 2.05 bits per heavy atom. The lowest BCUT2D eigenvalue weighted by molar-refractivity contribution is -0.145. The van der Waals surface area contributed by atoms with Gasteiger partial charge in [-0.05, 0) is 55.9 Å². The summed E-state index contributed by atoms with van der Waals surface area (Å²) < 4.78 is 16.5. The molecule has 2 amide bonds. The van der Waals surface area contributed by atoms with Crippen molar-refractivity contribution in [1.82, 2.24) is 15.6 Å². The maximum absolute atomic E-state index is 13.9. The first-order chi connectivity index (χ1) is 32.3. The predicted molar refractivity (Wildman–Crippen MR) is 258 cm³/mol. The normalized spacial score (nSPS) is 13.4. The van der Waals surface area contributed by atoms with Crippen molar-refractivity contribution in [1.29, 1.82) is 0 Å². The molecular formula is C52H70N6O8. The van der Waals surface area contributed by atoms with Gasteiger partial charge in [-0.1, -0.05) is 145 Å². The molecule has 0 radical (unpaired) electrons.